The largest absolute Gasteiger partial charge is 0.466 e. The Bertz CT molecular complexity index is 168. The maximum Gasteiger partial charge on any atom is 0.331 e. The van der Waals surface area contributed by atoms with Crippen LogP contribution in [0.2, 0.25) is 0 Å². The Morgan fingerprint density at radius 1 is 1.69 bits per heavy atom. The minimum atomic E-state index is -0.386. The molecule has 1 unspecified atom stereocenters. The van der Waals surface area contributed by atoms with Gasteiger partial charge in [0.1, 0.15) is 0 Å². The summed E-state index contributed by atoms with van der Waals surface area (Å²) in [6, 6.07) is 0. The maximum atomic E-state index is 10.6. The van der Waals surface area contributed by atoms with E-state index in [4.69, 9.17) is 5.11 Å². The highest BCUT2D eigenvalue weighted by atomic mass is 16.5. The molecule has 0 radical (unpaired) electrons. The SMILES string of the molecule is CCC(O)CCN/C=C/C(=O)OC. The van der Waals surface area contributed by atoms with Crippen LogP contribution in [-0.4, -0.2) is 30.8 Å². The molecule has 0 amide bonds. The zero-order valence-electron chi connectivity index (χ0n) is 8.12. The number of rotatable bonds is 6. The summed E-state index contributed by atoms with van der Waals surface area (Å²) in [6.07, 6.45) is 4.00. The first kappa shape index (κ1) is 12.0. The molecule has 0 aromatic rings. The smallest absolute Gasteiger partial charge is 0.331 e. The van der Waals surface area contributed by atoms with Crippen molar-refractivity contribution >= 4 is 5.97 Å². The maximum absolute atomic E-state index is 10.6. The Morgan fingerprint density at radius 2 is 2.38 bits per heavy atom. The van der Waals surface area contributed by atoms with Crippen LogP contribution >= 0.6 is 0 Å². The van der Waals surface area contributed by atoms with Crippen LogP contribution in [-0.2, 0) is 9.53 Å². The van der Waals surface area contributed by atoms with Crippen molar-refractivity contribution < 1.29 is 14.6 Å². The molecule has 0 rings (SSSR count). The number of esters is 1. The second-order valence-corrected chi connectivity index (χ2v) is 2.66. The first-order chi connectivity index (χ1) is 6.20. The van der Waals surface area contributed by atoms with Crippen molar-refractivity contribution in [1.82, 2.24) is 5.32 Å². The average Bonchev–Trinajstić information content (AvgIpc) is 2.16. The van der Waals surface area contributed by atoms with E-state index in [9.17, 15) is 4.79 Å². The quantitative estimate of drug-likeness (QED) is 0.359. The third-order valence-corrected chi connectivity index (χ3v) is 1.63. The molecule has 0 aromatic carbocycles. The predicted octanol–water partition coefficient (Wildman–Crippen LogP) is 0.424. The standard InChI is InChI=1S/C9H17NO3/c1-3-8(11)4-6-10-7-5-9(12)13-2/h5,7-8,10-11H,3-4,6H2,1-2H3/b7-5+. The number of carbonyl (C=O) groups excluding carboxylic acids is 1. The molecule has 0 aliphatic carbocycles. The van der Waals surface area contributed by atoms with Gasteiger partial charge in [-0.25, -0.2) is 4.79 Å². The van der Waals surface area contributed by atoms with Crippen molar-refractivity contribution in [3.05, 3.63) is 12.3 Å². The molecule has 0 fully saturated rings. The first-order valence-electron chi connectivity index (χ1n) is 4.36. The number of nitrogens with one attached hydrogen (secondary N) is 1. The molecule has 0 heterocycles. The van der Waals surface area contributed by atoms with Gasteiger partial charge in [-0.1, -0.05) is 6.92 Å². The molecule has 4 nitrogen and oxygen atoms in total. The summed E-state index contributed by atoms with van der Waals surface area (Å²) in [5.74, 6) is -0.386. The Labute approximate surface area is 78.6 Å². The number of hydrogen-bond donors (Lipinski definition) is 2. The highest BCUT2D eigenvalue weighted by Gasteiger charge is 1.97. The molecule has 4 heteroatoms. The second kappa shape index (κ2) is 7.61. The molecule has 0 bridgehead atoms. The zero-order valence-corrected chi connectivity index (χ0v) is 8.12. The summed E-state index contributed by atoms with van der Waals surface area (Å²) >= 11 is 0. The van der Waals surface area contributed by atoms with Crippen molar-refractivity contribution in [3.63, 3.8) is 0 Å². The van der Waals surface area contributed by atoms with Gasteiger partial charge >= 0.3 is 5.97 Å². The summed E-state index contributed by atoms with van der Waals surface area (Å²) in [5.41, 5.74) is 0. The Morgan fingerprint density at radius 3 is 2.92 bits per heavy atom. The van der Waals surface area contributed by atoms with E-state index in [0.29, 0.717) is 13.0 Å². The summed E-state index contributed by atoms with van der Waals surface area (Å²) in [5, 5.41) is 12.0. The molecule has 13 heavy (non-hydrogen) atoms. The van der Waals surface area contributed by atoms with Crippen molar-refractivity contribution in [3.8, 4) is 0 Å². The zero-order chi connectivity index (χ0) is 10.1. The topological polar surface area (TPSA) is 58.6 Å². The third-order valence-electron chi connectivity index (χ3n) is 1.63. The monoisotopic (exact) mass is 187 g/mol. The number of ether oxygens (including phenoxy) is 1. The molecule has 0 saturated heterocycles. The number of aliphatic hydroxyl groups excluding tert-OH is 1. The number of methoxy groups -OCH3 is 1. The summed E-state index contributed by atoms with van der Waals surface area (Å²) < 4.78 is 4.38. The average molecular weight is 187 g/mol. The number of aliphatic hydroxyl groups is 1. The van der Waals surface area contributed by atoms with Gasteiger partial charge in [-0.3, -0.25) is 0 Å². The van der Waals surface area contributed by atoms with Crippen LogP contribution in [0.15, 0.2) is 12.3 Å². The van der Waals surface area contributed by atoms with Gasteiger partial charge in [-0.15, -0.1) is 0 Å². The van der Waals surface area contributed by atoms with E-state index >= 15 is 0 Å². The van der Waals surface area contributed by atoms with Crippen molar-refractivity contribution in [1.29, 1.82) is 0 Å². The molecule has 0 aliphatic rings. The van der Waals surface area contributed by atoms with E-state index in [1.54, 1.807) is 0 Å². The third kappa shape index (κ3) is 7.33. The van der Waals surface area contributed by atoms with E-state index in [2.05, 4.69) is 10.1 Å². The van der Waals surface area contributed by atoms with Crippen LogP contribution in [0.5, 0.6) is 0 Å². The molecule has 0 aliphatic heterocycles. The first-order valence-corrected chi connectivity index (χ1v) is 4.36. The van der Waals surface area contributed by atoms with Crippen LogP contribution in [0.3, 0.4) is 0 Å². The fourth-order valence-corrected chi connectivity index (χ4v) is 0.732. The van der Waals surface area contributed by atoms with Gasteiger partial charge < -0.3 is 15.2 Å². The van der Waals surface area contributed by atoms with E-state index in [1.165, 1.54) is 19.4 Å². The Balaban J connectivity index is 3.35. The van der Waals surface area contributed by atoms with Crippen molar-refractivity contribution in [2.24, 2.45) is 0 Å². The van der Waals surface area contributed by atoms with E-state index in [0.717, 1.165) is 6.42 Å². The highest BCUT2D eigenvalue weighted by Crippen LogP contribution is 1.93. The molecule has 2 N–H and O–H groups in total. The molecular weight excluding hydrogens is 170 g/mol. The highest BCUT2D eigenvalue weighted by molar-refractivity contribution is 5.81. The van der Waals surface area contributed by atoms with E-state index < -0.39 is 0 Å². The lowest BCUT2D eigenvalue weighted by Gasteiger charge is -2.06. The Hall–Kier alpha value is -1.03. The summed E-state index contributed by atoms with van der Waals surface area (Å²) in [6.45, 7) is 2.58. The van der Waals surface area contributed by atoms with Crippen LogP contribution in [0.1, 0.15) is 19.8 Å². The molecule has 0 aromatic heterocycles. The minimum Gasteiger partial charge on any atom is -0.466 e. The lowest BCUT2D eigenvalue weighted by atomic mass is 10.2. The fourth-order valence-electron chi connectivity index (χ4n) is 0.732. The predicted molar refractivity (Wildman–Crippen MR) is 50.1 cm³/mol. The Kier molecular flexibility index (Phi) is 7.01. The van der Waals surface area contributed by atoms with E-state index in [1.807, 2.05) is 6.92 Å². The van der Waals surface area contributed by atoms with Gasteiger partial charge in [0.25, 0.3) is 0 Å². The van der Waals surface area contributed by atoms with Gasteiger partial charge in [0.05, 0.1) is 13.2 Å². The fraction of sp³-hybridized carbons (Fsp3) is 0.667. The van der Waals surface area contributed by atoms with Crippen molar-refractivity contribution in [2.75, 3.05) is 13.7 Å². The van der Waals surface area contributed by atoms with Crippen LogP contribution < -0.4 is 5.32 Å². The van der Waals surface area contributed by atoms with E-state index in [-0.39, 0.29) is 12.1 Å². The van der Waals surface area contributed by atoms with Gasteiger partial charge in [-0.2, -0.15) is 0 Å². The van der Waals surface area contributed by atoms with Crippen LogP contribution in [0.4, 0.5) is 0 Å². The van der Waals surface area contributed by atoms with Gasteiger partial charge in [-0.05, 0) is 12.8 Å². The molecule has 76 valence electrons. The summed E-state index contributed by atoms with van der Waals surface area (Å²) in [7, 11) is 1.33. The van der Waals surface area contributed by atoms with Crippen LogP contribution in [0, 0.1) is 0 Å². The van der Waals surface area contributed by atoms with Gasteiger partial charge in [0, 0.05) is 18.8 Å². The lowest BCUT2D eigenvalue weighted by molar-refractivity contribution is -0.134. The molecule has 0 saturated carbocycles. The second-order valence-electron chi connectivity index (χ2n) is 2.66. The number of hydrogen-bond acceptors (Lipinski definition) is 4. The van der Waals surface area contributed by atoms with Crippen molar-refractivity contribution in [2.45, 2.75) is 25.9 Å². The lowest BCUT2D eigenvalue weighted by Crippen LogP contribution is -2.15. The minimum absolute atomic E-state index is 0.265. The number of carbonyl (C=O) groups is 1. The van der Waals surface area contributed by atoms with Gasteiger partial charge in [0.15, 0.2) is 0 Å². The molecule has 1 atom stereocenters. The van der Waals surface area contributed by atoms with Crippen LogP contribution in [0.25, 0.3) is 0 Å². The van der Waals surface area contributed by atoms with Gasteiger partial charge in [0.2, 0.25) is 0 Å². The molecular formula is C9H17NO3. The molecule has 0 spiro atoms. The normalized spacial score (nSPS) is 12.8. The summed E-state index contributed by atoms with van der Waals surface area (Å²) in [4.78, 5) is 10.6.